The van der Waals surface area contributed by atoms with E-state index < -0.39 is 35.5 Å². The van der Waals surface area contributed by atoms with Crippen LogP contribution in [-0.4, -0.2) is 53.1 Å². The lowest BCUT2D eigenvalue weighted by atomic mass is 9.98. The van der Waals surface area contributed by atoms with Gasteiger partial charge in [0, 0.05) is 4.47 Å². The molecule has 234 valence electrons. The number of carbonyl (C=O) groups is 2. The number of hydrogen-bond acceptors (Lipinski definition) is 6. The van der Waals surface area contributed by atoms with Crippen molar-refractivity contribution in [3.63, 3.8) is 0 Å². The molecule has 1 aliphatic rings. The van der Waals surface area contributed by atoms with Crippen LogP contribution in [0.3, 0.4) is 0 Å². The fraction of sp³-hybridized carbons (Fsp3) is 0.371. The molecule has 0 aliphatic heterocycles. The van der Waals surface area contributed by atoms with E-state index in [0.29, 0.717) is 25.2 Å². The molecule has 0 radical (unpaired) electrons. The summed E-state index contributed by atoms with van der Waals surface area (Å²) in [4.78, 5) is 28.3. The van der Waals surface area contributed by atoms with Crippen molar-refractivity contribution in [3.8, 4) is 5.75 Å². The van der Waals surface area contributed by atoms with E-state index in [1.54, 1.807) is 31.7 Å². The van der Waals surface area contributed by atoms with Crippen molar-refractivity contribution in [1.82, 2.24) is 10.2 Å². The van der Waals surface area contributed by atoms with Gasteiger partial charge < -0.3 is 24.6 Å². The Balaban J connectivity index is 1.61. The Bertz CT molecular complexity index is 1420. The summed E-state index contributed by atoms with van der Waals surface area (Å²) in [5, 5.41) is 14.6. The Morgan fingerprint density at radius 1 is 1.05 bits per heavy atom. The third-order valence-corrected chi connectivity index (χ3v) is 7.78. The molecule has 44 heavy (non-hydrogen) atoms. The minimum atomic E-state index is -1.16. The van der Waals surface area contributed by atoms with Gasteiger partial charge in [-0.15, -0.1) is 0 Å². The fourth-order valence-corrected chi connectivity index (χ4v) is 5.46. The quantitative estimate of drug-likeness (QED) is 0.189. The van der Waals surface area contributed by atoms with Crippen LogP contribution in [0.15, 0.2) is 96.0 Å². The number of carbonyl (C=O) groups excluding carboxylic acids is 2. The highest BCUT2D eigenvalue weighted by Gasteiger charge is 2.53. The summed E-state index contributed by atoms with van der Waals surface area (Å²) in [5.41, 5.74) is 1.26. The Morgan fingerprint density at radius 3 is 2.41 bits per heavy atom. The van der Waals surface area contributed by atoms with E-state index in [-0.39, 0.29) is 19.6 Å². The van der Waals surface area contributed by atoms with Crippen LogP contribution in [0.25, 0.3) is 0 Å². The second-order valence-corrected chi connectivity index (χ2v) is 12.9. The lowest BCUT2D eigenvalue weighted by molar-refractivity contribution is 0.0230. The molecule has 2 amide bonds. The number of aliphatic hydroxyl groups is 1. The summed E-state index contributed by atoms with van der Waals surface area (Å²) in [6.45, 7) is 9.39. The number of ether oxygens (including phenoxy) is 3. The second-order valence-electron chi connectivity index (χ2n) is 12.0. The molecule has 0 spiro atoms. The number of amides is 2. The number of hydrogen-bond donors (Lipinski definition) is 2. The zero-order chi connectivity index (χ0) is 31.7. The predicted octanol–water partition coefficient (Wildman–Crippen LogP) is 7.14. The molecule has 9 heteroatoms. The molecule has 2 N–H and O–H groups in total. The first-order valence-corrected chi connectivity index (χ1v) is 15.5. The van der Waals surface area contributed by atoms with Gasteiger partial charge in [0.15, 0.2) is 0 Å². The number of rotatable bonds is 13. The van der Waals surface area contributed by atoms with Crippen LogP contribution in [0.2, 0.25) is 0 Å². The van der Waals surface area contributed by atoms with E-state index in [4.69, 9.17) is 14.2 Å². The van der Waals surface area contributed by atoms with Gasteiger partial charge in [0.25, 0.3) is 0 Å². The summed E-state index contributed by atoms with van der Waals surface area (Å²) in [6.07, 6.45) is 0.991. The molecule has 1 aliphatic carbocycles. The molecule has 2 atom stereocenters. The van der Waals surface area contributed by atoms with Crippen molar-refractivity contribution in [1.29, 1.82) is 0 Å². The highest BCUT2D eigenvalue weighted by molar-refractivity contribution is 9.10. The van der Waals surface area contributed by atoms with Crippen LogP contribution < -0.4 is 10.1 Å². The first-order chi connectivity index (χ1) is 21.0. The van der Waals surface area contributed by atoms with Crippen molar-refractivity contribution in [3.05, 3.63) is 113 Å². The minimum Gasteiger partial charge on any atom is -0.490 e. The maximum atomic E-state index is 13.8. The summed E-state index contributed by atoms with van der Waals surface area (Å²) < 4.78 is 17.9. The molecular formula is C35H41BrN2O6. The molecule has 0 heterocycles. The number of nitrogens with zero attached hydrogens (tertiary/aromatic N) is 1. The van der Waals surface area contributed by atoms with Gasteiger partial charge >= 0.3 is 12.2 Å². The van der Waals surface area contributed by atoms with E-state index in [1.165, 1.54) is 0 Å². The number of halogens is 1. The average Bonchev–Trinajstić information content (AvgIpc) is 3.79. The topological polar surface area (TPSA) is 97.3 Å². The summed E-state index contributed by atoms with van der Waals surface area (Å²) in [6, 6.07) is 23.9. The highest BCUT2D eigenvalue weighted by Crippen LogP contribution is 2.52. The van der Waals surface area contributed by atoms with Crippen molar-refractivity contribution < 1.29 is 28.9 Å². The van der Waals surface area contributed by atoms with Crippen molar-refractivity contribution in [2.24, 2.45) is 0 Å². The monoisotopic (exact) mass is 664 g/mol. The average molecular weight is 666 g/mol. The Kier molecular flexibility index (Phi) is 11.1. The minimum absolute atomic E-state index is 0.0761. The summed E-state index contributed by atoms with van der Waals surface area (Å²) >= 11 is 3.55. The van der Waals surface area contributed by atoms with Crippen LogP contribution in [0.1, 0.15) is 50.3 Å². The van der Waals surface area contributed by atoms with Crippen molar-refractivity contribution in [2.45, 2.75) is 69.9 Å². The molecule has 4 rings (SSSR count). The van der Waals surface area contributed by atoms with Gasteiger partial charge in [0.1, 0.15) is 24.6 Å². The highest BCUT2D eigenvalue weighted by atomic mass is 79.9. The first-order valence-electron chi connectivity index (χ1n) is 14.7. The lowest BCUT2D eigenvalue weighted by Gasteiger charge is -2.36. The maximum Gasteiger partial charge on any atom is 0.410 e. The van der Waals surface area contributed by atoms with Crippen LogP contribution >= 0.6 is 15.9 Å². The van der Waals surface area contributed by atoms with Crippen LogP contribution in [0, 0.1) is 0 Å². The van der Waals surface area contributed by atoms with E-state index in [9.17, 15) is 14.7 Å². The Hall–Kier alpha value is -3.82. The van der Waals surface area contributed by atoms with Crippen molar-refractivity contribution in [2.75, 3.05) is 13.2 Å². The number of alkyl carbamates (subject to hydrolysis) is 1. The SMILES string of the molecule is C=CCOc1cccc(C[C@H](NC(=O)OC(C)(C)C)[C@H](O)CN(C(=O)OCc2ccccc2)C2(c3cccc(Br)c3)CC2)c1. The normalized spacial score (nSPS) is 14.9. The zero-order valence-electron chi connectivity index (χ0n) is 25.5. The van der Waals surface area contributed by atoms with E-state index in [2.05, 4.69) is 27.8 Å². The van der Waals surface area contributed by atoms with Gasteiger partial charge in [-0.3, -0.25) is 4.90 Å². The summed E-state index contributed by atoms with van der Waals surface area (Å²) in [5.74, 6) is 0.644. The molecule has 1 saturated carbocycles. The van der Waals surface area contributed by atoms with Crippen molar-refractivity contribution >= 4 is 28.1 Å². The van der Waals surface area contributed by atoms with Gasteiger partial charge in [-0.1, -0.05) is 83.2 Å². The molecular weight excluding hydrogens is 624 g/mol. The van der Waals surface area contributed by atoms with Gasteiger partial charge in [-0.2, -0.15) is 0 Å². The second kappa shape index (κ2) is 14.8. The smallest absolute Gasteiger partial charge is 0.410 e. The third-order valence-electron chi connectivity index (χ3n) is 7.29. The van der Waals surface area contributed by atoms with Gasteiger partial charge in [0.05, 0.1) is 24.2 Å². The molecule has 1 fully saturated rings. The number of aliphatic hydroxyl groups excluding tert-OH is 1. The predicted molar refractivity (Wildman–Crippen MR) is 173 cm³/mol. The van der Waals surface area contributed by atoms with Crippen LogP contribution in [0.5, 0.6) is 5.75 Å². The van der Waals surface area contributed by atoms with Gasteiger partial charge in [0.2, 0.25) is 0 Å². The maximum absolute atomic E-state index is 13.8. The van der Waals surface area contributed by atoms with E-state index in [1.807, 2.05) is 78.9 Å². The van der Waals surface area contributed by atoms with E-state index >= 15 is 0 Å². The van der Waals surface area contributed by atoms with Crippen LogP contribution in [-0.2, 0) is 28.0 Å². The molecule has 0 unspecified atom stereocenters. The molecule has 0 aromatic heterocycles. The molecule has 8 nitrogen and oxygen atoms in total. The summed E-state index contributed by atoms with van der Waals surface area (Å²) in [7, 11) is 0. The fourth-order valence-electron chi connectivity index (χ4n) is 5.06. The largest absolute Gasteiger partial charge is 0.490 e. The first kappa shape index (κ1) is 33.1. The molecule has 0 bridgehead atoms. The molecule has 0 saturated heterocycles. The van der Waals surface area contributed by atoms with Crippen LogP contribution in [0.4, 0.5) is 9.59 Å². The molecule has 3 aromatic carbocycles. The van der Waals surface area contributed by atoms with Gasteiger partial charge in [-0.25, -0.2) is 9.59 Å². The number of nitrogens with one attached hydrogen (secondary N) is 1. The third kappa shape index (κ3) is 9.34. The standard InChI is InChI=1S/C35H41BrN2O6/c1-5-19-42-29-16-9-13-26(20-29)21-30(37-32(40)44-34(2,3)4)31(39)23-38(33(41)43-24-25-11-7-6-8-12-25)35(17-18-35)27-14-10-15-28(36)22-27/h5-16,20,22,30-31,39H,1,17-19,21,23-24H2,2-4H3,(H,37,40)/t30-,31+/m0/s1. The van der Waals surface area contributed by atoms with Gasteiger partial charge in [-0.05, 0) is 81.0 Å². The lowest BCUT2D eigenvalue weighted by Crippen LogP contribution is -2.53. The Morgan fingerprint density at radius 2 is 1.75 bits per heavy atom. The number of benzene rings is 3. The Labute approximate surface area is 268 Å². The zero-order valence-corrected chi connectivity index (χ0v) is 27.1. The molecule has 3 aromatic rings. The van der Waals surface area contributed by atoms with E-state index in [0.717, 1.165) is 21.2 Å².